The van der Waals surface area contributed by atoms with E-state index in [0.29, 0.717) is 5.56 Å². The Morgan fingerprint density at radius 1 is 1.14 bits per heavy atom. The fourth-order valence-electron chi connectivity index (χ4n) is 4.21. The average molecular weight is 399 g/mol. The quantitative estimate of drug-likeness (QED) is 0.661. The summed E-state index contributed by atoms with van der Waals surface area (Å²) in [6, 6.07) is 11.1. The van der Waals surface area contributed by atoms with Gasteiger partial charge in [0.15, 0.2) is 0 Å². The third-order valence-corrected chi connectivity index (χ3v) is 6.32. The van der Waals surface area contributed by atoms with Gasteiger partial charge in [-0.3, -0.25) is 0 Å². The lowest BCUT2D eigenvalue weighted by Crippen LogP contribution is -2.33. The summed E-state index contributed by atoms with van der Waals surface area (Å²) in [4.78, 5) is 25.5. The molecule has 0 saturated carbocycles. The second kappa shape index (κ2) is 7.28. The highest BCUT2D eigenvalue weighted by Crippen LogP contribution is 2.51. The Balaban J connectivity index is 2.17. The molecule has 0 amide bonds. The highest BCUT2D eigenvalue weighted by Gasteiger charge is 2.38. The van der Waals surface area contributed by atoms with Crippen LogP contribution in [-0.4, -0.2) is 28.4 Å². The molecule has 1 heterocycles. The SMILES string of the molecule is CCOC(=O)c1cccc(-c2ccc3c(c2)C(C)(C)CC(C)(C)S3)c1C(=O)O. The third-order valence-electron chi connectivity index (χ3n) is 5.05. The Morgan fingerprint density at radius 2 is 1.86 bits per heavy atom. The molecule has 0 aliphatic carbocycles. The number of hydrogen-bond donors (Lipinski definition) is 1. The van der Waals surface area contributed by atoms with Gasteiger partial charge >= 0.3 is 11.9 Å². The van der Waals surface area contributed by atoms with Crippen molar-refractivity contribution >= 4 is 23.7 Å². The highest BCUT2D eigenvalue weighted by atomic mass is 32.2. The highest BCUT2D eigenvalue weighted by molar-refractivity contribution is 8.00. The maximum atomic E-state index is 12.3. The molecular weight excluding hydrogens is 372 g/mol. The normalized spacial score (nSPS) is 16.9. The zero-order valence-electron chi connectivity index (χ0n) is 17.0. The molecular formula is C23H26O4S. The van der Waals surface area contributed by atoms with E-state index >= 15 is 0 Å². The molecule has 28 heavy (non-hydrogen) atoms. The molecule has 4 nitrogen and oxygen atoms in total. The number of carbonyl (C=O) groups is 2. The lowest BCUT2D eigenvalue weighted by molar-refractivity contribution is 0.0514. The Hall–Kier alpha value is -2.27. The van der Waals surface area contributed by atoms with E-state index in [0.717, 1.165) is 12.0 Å². The first kappa shape index (κ1) is 20.5. The van der Waals surface area contributed by atoms with Crippen LogP contribution in [0, 0.1) is 0 Å². The van der Waals surface area contributed by atoms with Gasteiger partial charge in [0.1, 0.15) is 0 Å². The van der Waals surface area contributed by atoms with Crippen LogP contribution in [0.5, 0.6) is 0 Å². The lowest BCUT2D eigenvalue weighted by atomic mass is 9.76. The molecule has 0 spiro atoms. The third kappa shape index (κ3) is 3.81. The minimum absolute atomic E-state index is 0.0116. The molecule has 148 valence electrons. The number of hydrogen-bond acceptors (Lipinski definition) is 4. The van der Waals surface area contributed by atoms with Crippen molar-refractivity contribution < 1.29 is 19.4 Å². The Kier molecular flexibility index (Phi) is 5.32. The topological polar surface area (TPSA) is 63.6 Å². The zero-order valence-corrected chi connectivity index (χ0v) is 17.8. The number of fused-ring (bicyclic) bond motifs is 1. The van der Waals surface area contributed by atoms with Crippen LogP contribution in [0.3, 0.4) is 0 Å². The van der Waals surface area contributed by atoms with Crippen molar-refractivity contribution in [1.82, 2.24) is 0 Å². The minimum Gasteiger partial charge on any atom is -0.478 e. The molecule has 1 aliphatic heterocycles. The Labute approximate surface area is 170 Å². The predicted octanol–water partition coefficient (Wildman–Crippen LogP) is 5.78. The van der Waals surface area contributed by atoms with Gasteiger partial charge < -0.3 is 9.84 Å². The van der Waals surface area contributed by atoms with Gasteiger partial charge in [-0.2, -0.15) is 0 Å². The summed E-state index contributed by atoms with van der Waals surface area (Å²) < 4.78 is 5.20. The van der Waals surface area contributed by atoms with Crippen LogP contribution in [0.1, 0.15) is 67.3 Å². The van der Waals surface area contributed by atoms with Crippen LogP contribution in [0.4, 0.5) is 0 Å². The van der Waals surface area contributed by atoms with Gasteiger partial charge in [0.25, 0.3) is 0 Å². The van der Waals surface area contributed by atoms with Crippen molar-refractivity contribution in [1.29, 1.82) is 0 Å². The summed E-state index contributed by atoms with van der Waals surface area (Å²) in [5.41, 5.74) is 2.60. The zero-order chi connectivity index (χ0) is 20.7. The van der Waals surface area contributed by atoms with Crippen molar-refractivity contribution in [3.63, 3.8) is 0 Å². The number of esters is 1. The van der Waals surface area contributed by atoms with Gasteiger partial charge in [-0.25, -0.2) is 9.59 Å². The number of benzene rings is 2. The summed E-state index contributed by atoms with van der Waals surface area (Å²) >= 11 is 1.86. The largest absolute Gasteiger partial charge is 0.478 e. The van der Waals surface area contributed by atoms with E-state index in [1.54, 1.807) is 19.1 Å². The predicted molar refractivity (Wildman–Crippen MR) is 112 cm³/mol. The van der Waals surface area contributed by atoms with Crippen molar-refractivity contribution in [3.8, 4) is 11.1 Å². The maximum Gasteiger partial charge on any atom is 0.339 e. The number of carbonyl (C=O) groups excluding carboxylic acids is 1. The summed E-state index contributed by atoms with van der Waals surface area (Å²) in [7, 11) is 0. The molecule has 0 aromatic heterocycles. The van der Waals surface area contributed by atoms with E-state index in [-0.39, 0.29) is 27.9 Å². The first-order chi connectivity index (χ1) is 13.1. The van der Waals surface area contributed by atoms with Crippen molar-refractivity contribution in [2.24, 2.45) is 0 Å². The molecule has 0 atom stereocenters. The fourth-order valence-corrected chi connectivity index (χ4v) is 5.82. The molecule has 2 aromatic rings. The molecule has 0 fully saturated rings. The molecule has 0 saturated heterocycles. The summed E-state index contributed by atoms with van der Waals surface area (Å²) in [6.45, 7) is 10.9. The summed E-state index contributed by atoms with van der Waals surface area (Å²) in [6.07, 6.45) is 1.02. The van der Waals surface area contributed by atoms with Crippen LogP contribution in [0.25, 0.3) is 11.1 Å². The van der Waals surface area contributed by atoms with Crippen molar-refractivity contribution in [2.45, 2.75) is 56.1 Å². The smallest absolute Gasteiger partial charge is 0.339 e. The Bertz CT molecular complexity index is 944. The van der Waals surface area contributed by atoms with Crippen LogP contribution in [-0.2, 0) is 10.2 Å². The second-order valence-corrected chi connectivity index (χ2v) is 10.1. The first-order valence-electron chi connectivity index (χ1n) is 9.43. The van der Waals surface area contributed by atoms with Crippen LogP contribution >= 0.6 is 11.8 Å². The van der Waals surface area contributed by atoms with Gasteiger partial charge in [0.2, 0.25) is 0 Å². The van der Waals surface area contributed by atoms with Gasteiger partial charge in [0, 0.05) is 9.64 Å². The van der Waals surface area contributed by atoms with Crippen LogP contribution < -0.4 is 0 Å². The van der Waals surface area contributed by atoms with Gasteiger partial charge in [-0.1, -0.05) is 45.9 Å². The number of thioether (sulfide) groups is 1. The lowest BCUT2D eigenvalue weighted by Gasteiger charge is -2.42. The van der Waals surface area contributed by atoms with E-state index in [4.69, 9.17) is 4.74 Å². The average Bonchev–Trinajstić information content (AvgIpc) is 2.59. The molecule has 2 aromatic carbocycles. The van der Waals surface area contributed by atoms with Crippen LogP contribution in [0.15, 0.2) is 41.3 Å². The second-order valence-electron chi connectivity index (χ2n) is 8.39. The first-order valence-corrected chi connectivity index (χ1v) is 10.2. The molecule has 1 aliphatic rings. The van der Waals surface area contributed by atoms with E-state index in [2.05, 4.69) is 39.8 Å². The van der Waals surface area contributed by atoms with Crippen molar-refractivity contribution in [3.05, 3.63) is 53.1 Å². The Morgan fingerprint density at radius 3 is 2.50 bits per heavy atom. The van der Waals surface area contributed by atoms with E-state index in [1.165, 1.54) is 16.5 Å². The molecule has 0 unspecified atom stereocenters. The molecule has 0 bridgehead atoms. The maximum absolute atomic E-state index is 12.3. The molecule has 1 N–H and O–H groups in total. The van der Waals surface area contributed by atoms with Crippen molar-refractivity contribution in [2.75, 3.05) is 6.61 Å². The van der Waals surface area contributed by atoms with Gasteiger partial charge in [-0.15, -0.1) is 11.8 Å². The number of rotatable bonds is 4. The molecule has 3 rings (SSSR count). The van der Waals surface area contributed by atoms with E-state index < -0.39 is 11.9 Å². The number of aromatic carboxylic acids is 1. The number of ether oxygens (including phenoxy) is 1. The monoisotopic (exact) mass is 398 g/mol. The summed E-state index contributed by atoms with van der Waals surface area (Å²) in [5.74, 6) is -1.75. The minimum atomic E-state index is -1.13. The van der Waals surface area contributed by atoms with Gasteiger partial charge in [0.05, 0.1) is 17.7 Å². The number of carboxylic acids is 1. The van der Waals surface area contributed by atoms with E-state index in [9.17, 15) is 14.7 Å². The molecule has 0 radical (unpaired) electrons. The number of carboxylic acid groups (broad SMARTS) is 1. The standard InChI is InChI=1S/C23H26O4S/c1-6-27-21(26)16-9-7-8-15(19(16)20(24)25)14-10-11-18-17(12-14)22(2,3)13-23(4,5)28-18/h7-12H,6,13H2,1-5H3,(H,24,25). The molecule has 5 heteroatoms. The van der Waals surface area contributed by atoms with Gasteiger partial charge in [-0.05, 0) is 53.6 Å². The van der Waals surface area contributed by atoms with Crippen LogP contribution in [0.2, 0.25) is 0 Å². The van der Waals surface area contributed by atoms with E-state index in [1.807, 2.05) is 17.8 Å². The summed E-state index contributed by atoms with van der Waals surface area (Å²) in [5, 5.41) is 9.82. The fraction of sp³-hybridized carbons (Fsp3) is 0.391.